The first-order valence-corrected chi connectivity index (χ1v) is 11.1. The third kappa shape index (κ3) is 7.59. The van der Waals surface area contributed by atoms with Crippen LogP contribution >= 0.6 is 11.6 Å². The summed E-state index contributed by atoms with van der Waals surface area (Å²) >= 11 is 5.85. The van der Waals surface area contributed by atoms with Crippen LogP contribution in [0.3, 0.4) is 0 Å². The average molecular weight is 513 g/mol. The van der Waals surface area contributed by atoms with Gasteiger partial charge in [0, 0.05) is 28.2 Å². The first kappa shape index (κ1) is 26.3. The average Bonchev–Trinajstić information content (AvgIpc) is 3.28. The number of carboxylic acids is 1. The zero-order valence-electron chi connectivity index (χ0n) is 18.3. The molecule has 0 radical (unpaired) electrons. The molecule has 1 saturated carbocycles. The van der Waals surface area contributed by atoms with Gasteiger partial charge in [0.05, 0.1) is 11.7 Å². The molecule has 0 spiro atoms. The van der Waals surface area contributed by atoms with Crippen LogP contribution in [0.15, 0.2) is 48.7 Å². The number of anilines is 1. The number of rotatable bonds is 5. The number of aromatic nitrogens is 2. The van der Waals surface area contributed by atoms with Gasteiger partial charge in [-0.25, -0.2) is 4.79 Å². The van der Waals surface area contributed by atoms with Crippen LogP contribution in [0.2, 0.25) is 5.02 Å². The maximum absolute atomic E-state index is 12.3. The highest BCUT2D eigenvalue weighted by Crippen LogP contribution is 2.25. The predicted molar refractivity (Wildman–Crippen MR) is 124 cm³/mol. The van der Waals surface area contributed by atoms with Crippen LogP contribution < -0.4 is 10.6 Å². The number of carboxylic acid groups (broad SMARTS) is 1. The number of alkyl halides is 3. The van der Waals surface area contributed by atoms with Gasteiger partial charge in [0.1, 0.15) is 0 Å². The van der Waals surface area contributed by atoms with Gasteiger partial charge in [0.2, 0.25) is 0 Å². The smallest absolute Gasteiger partial charge is 0.475 e. The van der Waals surface area contributed by atoms with E-state index in [1.54, 1.807) is 24.3 Å². The Hall–Kier alpha value is -3.31. The van der Waals surface area contributed by atoms with Crippen molar-refractivity contribution in [3.63, 3.8) is 0 Å². The molecule has 0 bridgehead atoms. The van der Waals surface area contributed by atoms with Crippen molar-refractivity contribution >= 4 is 40.1 Å². The summed E-state index contributed by atoms with van der Waals surface area (Å²) in [5.74, 6) is -3.11. The van der Waals surface area contributed by atoms with Crippen molar-refractivity contribution in [2.75, 3.05) is 5.32 Å². The molecule has 1 amide bonds. The molecule has 1 aliphatic rings. The summed E-state index contributed by atoms with van der Waals surface area (Å²) in [6, 6.07) is 13.3. The molecule has 8 nitrogen and oxygen atoms in total. The molecule has 1 aromatic heterocycles. The highest BCUT2D eigenvalue weighted by Gasteiger charge is 2.38. The summed E-state index contributed by atoms with van der Waals surface area (Å²) < 4.78 is 31.7. The molecule has 0 aliphatic heterocycles. The van der Waals surface area contributed by atoms with Gasteiger partial charge in [-0.2, -0.15) is 18.3 Å². The van der Waals surface area contributed by atoms with E-state index in [4.69, 9.17) is 21.5 Å². The van der Waals surface area contributed by atoms with Gasteiger partial charge < -0.3 is 20.8 Å². The van der Waals surface area contributed by atoms with E-state index in [2.05, 4.69) is 33.0 Å². The molecule has 4 rings (SSSR count). The third-order valence-electron chi connectivity index (χ3n) is 5.56. The summed E-state index contributed by atoms with van der Waals surface area (Å²) in [4.78, 5) is 21.2. The van der Waals surface area contributed by atoms with Crippen LogP contribution in [-0.2, 0) is 9.59 Å². The van der Waals surface area contributed by atoms with E-state index in [1.165, 1.54) is 0 Å². The van der Waals surface area contributed by atoms with Gasteiger partial charge in [0.15, 0.2) is 6.10 Å². The number of aliphatic hydroxyl groups excluding tert-OH is 1. The number of H-pyrrole nitrogens is 1. The number of hydrogen-bond acceptors (Lipinski definition) is 5. The molecule has 5 N–H and O–H groups in total. The summed E-state index contributed by atoms with van der Waals surface area (Å²) in [5.41, 5.74) is 2.66. The summed E-state index contributed by atoms with van der Waals surface area (Å²) in [6.07, 6.45) is -0.750. The third-order valence-corrected chi connectivity index (χ3v) is 5.81. The Morgan fingerprint density at radius 3 is 2.26 bits per heavy atom. The predicted octanol–water partition coefficient (Wildman–Crippen LogP) is 4.42. The minimum absolute atomic E-state index is 0.0869. The molecule has 0 saturated heterocycles. The Balaban J connectivity index is 0.000000429. The van der Waals surface area contributed by atoms with E-state index in [1.807, 2.05) is 12.3 Å². The minimum atomic E-state index is -5.08. The second-order valence-corrected chi connectivity index (χ2v) is 8.57. The van der Waals surface area contributed by atoms with Crippen molar-refractivity contribution in [1.82, 2.24) is 15.5 Å². The number of aliphatic hydroxyl groups is 1. The fourth-order valence-corrected chi connectivity index (χ4v) is 3.85. The SMILES string of the molecule is O=C(NC1CCC(Nc2ccc3[nH]ncc3c2)CC1)C(O)c1ccc(Cl)cc1.O=C(O)C(F)(F)F. The van der Waals surface area contributed by atoms with Crippen molar-refractivity contribution in [2.24, 2.45) is 0 Å². The maximum Gasteiger partial charge on any atom is 0.490 e. The second kappa shape index (κ2) is 11.4. The van der Waals surface area contributed by atoms with Crippen LogP contribution in [0, 0.1) is 0 Å². The molecule has 2 aromatic carbocycles. The fraction of sp³-hybridized carbons (Fsp3) is 0.348. The first-order valence-electron chi connectivity index (χ1n) is 10.8. The summed E-state index contributed by atoms with van der Waals surface area (Å²) in [7, 11) is 0. The molecule has 12 heteroatoms. The van der Waals surface area contributed by atoms with Crippen molar-refractivity contribution < 1.29 is 33.0 Å². The number of fused-ring (bicyclic) bond motifs is 1. The molecule has 35 heavy (non-hydrogen) atoms. The van der Waals surface area contributed by atoms with E-state index in [9.17, 15) is 23.1 Å². The topological polar surface area (TPSA) is 127 Å². The van der Waals surface area contributed by atoms with Crippen LogP contribution in [0.1, 0.15) is 37.4 Å². The number of halogens is 4. The van der Waals surface area contributed by atoms with Gasteiger partial charge >= 0.3 is 12.1 Å². The van der Waals surface area contributed by atoms with E-state index < -0.39 is 18.2 Å². The number of carbonyl (C=O) groups is 2. The number of amides is 1. The highest BCUT2D eigenvalue weighted by molar-refractivity contribution is 6.30. The molecular formula is C23H24ClF3N4O4. The molecule has 1 aliphatic carbocycles. The second-order valence-electron chi connectivity index (χ2n) is 8.13. The zero-order chi connectivity index (χ0) is 25.6. The number of benzene rings is 2. The first-order chi connectivity index (χ1) is 16.5. The summed E-state index contributed by atoms with van der Waals surface area (Å²) in [6.45, 7) is 0. The quantitative estimate of drug-likeness (QED) is 0.344. The van der Waals surface area contributed by atoms with Crippen molar-refractivity contribution in [3.05, 3.63) is 59.2 Å². The van der Waals surface area contributed by atoms with Crippen LogP contribution in [0.5, 0.6) is 0 Å². The van der Waals surface area contributed by atoms with Gasteiger partial charge in [-0.3, -0.25) is 9.89 Å². The molecule has 1 unspecified atom stereocenters. The fourth-order valence-electron chi connectivity index (χ4n) is 3.73. The lowest BCUT2D eigenvalue weighted by molar-refractivity contribution is -0.192. The van der Waals surface area contributed by atoms with E-state index in [0.29, 0.717) is 16.6 Å². The Kier molecular flexibility index (Phi) is 8.57. The Morgan fingerprint density at radius 2 is 1.66 bits per heavy atom. The molecule has 3 aromatic rings. The lowest BCUT2D eigenvalue weighted by atomic mass is 9.90. The maximum atomic E-state index is 12.3. The zero-order valence-corrected chi connectivity index (χ0v) is 19.1. The normalized spacial score (nSPS) is 18.8. The lowest BCUT2D eigenvalue weighted by Gasteiger charge is -2.30. The van der Waals surface area contributed by atoms with Crippen molar-refractivity contribution in [1.29, 1.82) is 0 Å². The highest BCUT2D eigenvalue weighted by atomic mass is 35.5. The minimum Gasteiger partial charge on any atom is -0.475 e. The molecule has 1 atom stereocenters. The molecule has 1 fully saturated rings. The van der Waals surface area contributed by atoms with Crippen molar-refractivity contribution in [3.8, 4) is 0 Å². The Bertz CT molecular complexity index is 1150. The van der Waals surface area contributed by atoms with E-state index >= 15 is 0 Å². The van der Waals surface area contributed by atoms with Crippen molar-refractivity contribution in [2.45, 2.75) is 50.0 Å². The number of nitrogens with zero attached hydrogens (tertiary/aromatic N) is 1. The Morgan fingerprint density at radius 1 is 1.06 bits per heavy atom. The summed E-state index contributed by atoms with van der Waals surface area (Å²) in [5, 5.41) is 32.6. The number of aliphatic carboxylic acids is 1. The van der Waals surface area contributed by atoms with Gasteiger partial charge in [-0.1, -0.05) is 23.7 Å². The largest absolute Gasteiger partial charge is 0.490 e. The van der Waals surface area contributed by atoms with E-state index in [0.717, 1.165) is 42.3 Å². The number of nitrogens with one attached hydrogen (secondary N) is 3. The van der Waals surface area contributed by atoms with Gasteiger partial charge in [-0.05, 0) is 61.6 Å². The van der Waals surface area contributed by atoms with Crippen LogP contribution in [0.25, 0.3) is 10.9 Å². The lowest BCUT2D eigenvalue weighted by Crippen LogP contribution is -2.42. The molecule has 188 valence electrons. The van der Waals surface area contributed by atoms with Gasteiger partial charge in [-0.15, -0.1) is 0 Å². The molecule has 1 heterocycles. The van der Waals surface area contributed by atoms with Crippen LogP contribution in [0.4, 0.5) is 18.9 Å². The monoisotopic (exact) mass is 512 g/mol. The number of carbonyl (C=O) groups excluding carboxylic acids is 1. The van der Waals surface area contributed by atoms with Crippen LogP contribution in [-0.4, -0.2) is 50.5 Å². The number of hydrogen-bond donors (Lipinski definition) is 5. The molecular weight excluding hydrogens is 489 g/mol. The standard InChI is InChI=1S/C21H23ClN4O2.C2HF3O2/c22-15-3-1-13(2-4-15)20(27)21(28)25-17-7-5-16(6-8-17)24-18-9-10-19-14(11-18)12-23-26-19;3-2(4,5)1(6)7/h1-4,9-12,16-17,20,24,27H,5-8H2,(H,23,26)(H,25,28);(H,6,7). The Labute approximate surface area is 203 Å². The van der Waals surface area contributed by atoms with E-state index in [-0.39, 0.29) is 11.9 Å². The number of aromatic amines is 1. The van der Waals surface area contributed by atoms with Gasteiger partial charge in [0.25, 0.3) is 5.91 Å².